The Balaban J connectivity index is 0.00000225. The number of carbonyl (C=O) groups excluding carboxylic acids is 1. The van der Waals surface area contributed by atoms with Crippen molar-refractivity contribution in [2.75, 3.05) is 13.1 Å². The minimum absolute atomic E-state index is 0. The summed E-state index contributed by atoms with van der Waals surface area (Å²) in [7, 11) is 0. The largest absolute Gasteiger partial charge is 0.340 e. The van der Waals surface area contributed by atoms with Crippen molar-refractivity contribution in [2.24, 2.45) is 5.73 Å². The van der Waals surface area contributed by atoms with E-state index in [4.69, 9.17) is 5.73 Å². The molecule has 2 aromatic rings. The Morgan fingerprint density at radius 1 is 1.08 bits per heavy atom. The maximum atomic E-state index is 12.4. The molecule has 1 saturated heterocycles. The van der Waals surface area contributed by atoms with Crippen LogP contribution in [0.4, 0.5) is 0 Å². The van der Waals surface area contributed by atoms with E-state index in [1.165, 1.54) is 16.9 Å². The minimum atomic E-state index is 0. The lowest BCUT2D eigenvalue weighted by molar-refractivity contribution is -0.130. The van der Waals surface area contributed by atoms with E-state index in [0.29, 0.717) is 13.0 Å². The average molecular weight is 379 g/mol. The standard InChI is InChI=1S/C20H26N2OS.ClH/c21-19-15-22(14-18(19)16-8-3-1-4-9-16)20(23)12-6-2-5-10-17-11-7-13-24-17;/h1,3-4,7-9,11,13,18-19H,2,5-6,10,12,14-15,21H2;1H/t18-,19+;/m0./s1. The summed E-state index contributed by atoms with van der Waals surface area (Å²) in [5.74, 6) is 0.536. The van der Waals surface area contributed by atoms with E-state index in [0.717, 1.165) is 25.8 Å². The maximum Gasteiger partial charge on any atom is 0.222 e. The number of carbonyl (C=O) groups is 1. The zero-order valence-corrected chi connectivity index (χ0v) is 16.1. The van der Waals surface area contributed by atoms with Crippen molar-refractivity contribution in [3.05, 3.63) is 58.3 Å². The second-order valence-corrected chi connectivity index (χ2v) is 7.65. The summed E-state index contributed by atoms with van der Waals surface area (Å²) in [6, 6.07) is 14.7. The Hall–Kier alpha value is -1.36. The third-order valence-corrected chi connectivity index (χ3v) is 5.78. The molecular weight excluding hydrogens is 352 g/mol. The number of aryl methyl sites for hydroxylation is 1. The van der Waals surface area contributed by atoms with Crippen LogP contribution in [0.25, 0.3) is 0 Å². The molecule has 1 aromatic heterocycles. The molecule has 0 bridgehead atoms. The van der Waals surface area contributed by atoms with Crippen LogP contribution in [0.5, 0.6) is 0 Å². The molecule has 1 amide bonds. The number of unbranched alkanes of at least 4 members (excludes halogenated alkanes) is 2. The van der Waals surface area contributed by atoms with Crippen LogP contribution in [0.1, 0.15) is 42.0 Å². The Morgan fingerprint density at radius 2 is 1.88 bits per heavy atom. The number of hydrogen-bond acceptors (Lipinski definition) is 3. The zero-order chi connectivity index (χ0) is 16.8. The second-order valence-electron chi connectivity index (χ2n) is 6.62. The van der Waals surface area contributed by atoms with Crippen LogP contribution in [0.2, 0.25) is 0 Å². The number of hydrogen-bond donors (Lipinski definition) is 1. The number of benzene rings is 1. The molecule has 5 heteroatoms. The molecule has 0 saturated carbocycles. The zero-order valence-electron chi connectivity index (χ0n) is 14.5. The molecule has 1 aromatic carbocycles. The number of nitrogens with two attached hydrogens (primary N) is 1. The van der Waals surface area contributed by atoms with Crippen molar-refractivity contribution in [1.82, 2.24) is 4.90 Å². The van der Waals surface area contributed by atoms with Gasteiger partial charge in [-0.05, 0) is 36.3 Å². The van der Waals surface area contributed by atoms with Crippen LogP contribution in [0.15, 0.2) is 47.8 Å². The molecule has 1 fully saturated rings. The maximum absolute atomic E-state index is 12.4. The van der Waals surface area contributed by atoms with Gasteiger partial charge in [-0.3, -0.25) is 4.79 Å². The highest BCUT2D eigenvalue weighted by Gasteiger charge is 2.33. The van der Waals surface area contributed by atoms with Crippen LogP contribution in [0, 0.1) is 0 Å². The Labute approximate surface area is 160 Å². The SMILES string of the molecule is Cl.N[C@@H]1CN(C(=O)CCCCCc2cccs2)C[C@H]1c1ccccc1. The van der Waals surface area contributed by atoms with Gasteiger partial charge in [0.05, 0.1) is 0 Å². The minimum Gasteiger partial charge on any atom is -0.340 e. The summed E-state index contributed by atoms with van der Waals surface area (Å²) in [6.45, 7) is 1.45. The molecule has 0 radical (unpaired) electrons. The van der Waals surface area contributed by atoms with Crippen molar-refractivity contribution in [3.8, 4) is 0 Å². The summed E-state index contributed by atoms with van der Waals surface area (Å²) in [4.78, 5) is 15.8. The van der Waals surface area contributed by atoms with E-state index in [1.54, 1.807) is 0 Å². The van der Waals surface area contributed by atoms with Gasteiger partial charge in [0.2, 0.25) is 5.91 Å². The summed E-state index contributed by atoms with van der Waals surface area (Å²) in [6.07, 6.45) is 5.05. The van der Waals surface area contributed by atoms with Gasteiger partial charge in [0.25, 0.3) is 0 Å². The molecule has 0 unspecified atom stereocenters. The van der Waals surface area contributed by atoms with Crippen LogP contribution in [0.3, 0.4) is 0 Å². The van der Waals surface area contributed by atoms with Gasteiger partial charge in [0, 0.05) is 36.3 Å². The first kappa shape index (κ1) is 20.0. The lowest BCUT2D eigenvalue weighted by Crippen LogP contribution is -2.32. The van der Waals surface area contributed by atoms with Crippen molar-refractivity contribution in [3.63, 3.8) is 0 Å². The smallest absolute Gasteiger partial charge is 0.222 e. The van der Waals surface area contributed by atoms with Crippen LogP contribution >= 0.6 is 23.7 Å². The highest BCUT2D eigenvalue weighted by atomic mass is 35.5. The normalized spacial score (nSPS) is 19.6. The van der Waals surface area contributed by atoms with E-state index in [2.05, 4.69) is 29.6 Å². The Kier molecular flexibility index (Phi) is 7.94. The summed E-state index contributed by atoms with van der Waals surface area (Å²) >= 11 is 1.82. The number of rotatable bonds is 7. The first-order valence-corrected chi connectivity index (χ1v) is 9.72. The van der Waals surface area contributed by atoms with Crippen LogP contribution < -0.4 is 5.73 Å². The molecule has 25 heavy (non-hydrogen) atoms. The first-order valence-electron chi connectivity index (χ1n) is 8.84. The van der Waals surface area contributed by atoms with E-state index >= 15 is 0 Å². The Morgan fingerprint density at radius 3 is 2.60 bits per heavy atom. The molecule has 0 aliphatic carbocycles. The number of likely N-dealkylation sites (tertiary alicyclic amines) is 1. The molecule has 3 rings (SSSR count). The number of halogens is 1. The molecule has 2 atom stereocenters. The lowest BCUT2D eigenvalue weighted by atomic mass is 9.95. The molecular formula is C20H27ClN2OS. The van der Waals surface area contributed by atoms with E-state index in [9.17, 15) is 4.79 Å². The summed E-state index contributed by atoms with van der Waals surface area (Å²) < 4.78 is 0. The predicted molar refractivity (Wildman–Crippen MR) is 107 cm³/mol. The van der Waals surface area contributed by atoms with E-state index in [1.807, 2.05) is 34.4 Å². The van der Waals surface area contributed by atoms with Gasteiger partial charge in [0.1, 0.15) is 0 Å². The lowest BCUT2D eigenvalue weighted by Gasteiger charge is -2.16. The molecule has 1 aliphatic rings. The van der Waals surface area contributed by atoms with Gasteiger partial charge in [-0.2, -0.15) is 0 Å². The number of thiophene rings is 1. The van der Waals surface area contributed by atoms with Crippen LogP contribution in [-0.2, 0) is 11.2 Å². The van der Waals surface area contributed by atoms with Gasteiger partial charge < -0.3 is 10.6 Å². The first-order chi connectivity index (χ1) is 11.7. The number of nitrogens with zero attached hydrogens (tertiary/aromatic N) is 1. The van der Waals surface area contributed by atoms with Gasteiger partial charge >= 0.3 is 0 Å². The molecule has 3 nitrogen and oxygen atoms in total. The van der Waals surface area contributed by atoms with E-state index in [-0.39, 0.29) is 30.3 Å². The molecule has 1 aliphatic heterocycles. The fourth-order valence-corrected chi connectivity index (χ4v) is 4.20. The average Bonchev–Trinajstić information content (AvgIpc) is 3.25. The summed E-state index contributed by atoms with van der Waals surface area (Å²) in [5.41, 5.74) is 7.52. The van der Waals surface area contributed by atoms with Gasteiger partial charge in [-0.25, -0.2) is 0 Å². The van der Waals surface area contributed by atoms with Crippen molar-refractivity contribution >= 4 is 29.7 Å². The molecule has 2 heterocycles. The topological polar surface area (TPSA) is 46.3 Å². The highest BCUT2D eigenvalue weighted by Crippen LogP contribution is 2.27. The Bertz CT molecular complexity index is 632. The van der Waals surface area contributed by atoms with Crippen molar-refractivity contribution < 1.29 is 4.79 Å². The van der Waals surface area contributed by atoms with Crippen molar-refractivity contribution in [1.29, 1.82) is 0 Å². The fourth-order valence-electron chi connectivity index (χ4n) is 3.45. The second kappa shape index (κ2) is 9.95. The quantitative estimate of drug-likeness (QED) is 0.733. The number of amides is 1. The van der Waals surface area contributed by atoms with Crippen LogP contribution in [-0.4, -0.2) is 29.9 Å². The predicted octanol–water partition coefficient (Wildman–Crippen LogP) is 4.23. The molecule has 0 spiro atoms. The van der Waals surface area contributed by atoms with Crippen molar-refractivity contribution in [2.45, 2.75) is 44.1 Å². The fraction of sp³-hybridized carbons (Fsp3) is 0.450. The van der Waals surface area contributed by atoms with E-state index < -0.39 is 0 Å². The third-order valence-electron chi connectivity index (χ3n) is 4.84. The van der Waals surface area contributed by atoms with Gasteiger partial charge in [-0.15, -0.1) is 23.7 Å². The monoisotopic (exact) mass is 378 g/mol. The highest BCUT2D eigenvalue weighted by molar-refractivity contribution is 7.09. The molecule has 2 N–H and O–H groups in total. The molecule has 136 valence electrons. The van der Waals surface area contributed by atoms with Gasteiger partial charge in [-0.1, -0.05) is 42.8 Å². The third kappa shape index (κ3) is 5.56. The van der Waals surface area contributed by atoms with Gasteiger partial charge in [0.15, 0.2) is 0 Å². The summed E-state index contributed by atoms with van der Waals surface area (Å²) in [5, 5.41) is 2.12.